The van der Waals surface area contributed by atoms with E-state index < -0.39 is 128 Å². The van der Waals surface area contributed by atoms with E-state index in [1.807, 2.05) is 0 Å². The highest BCUT2D eigenvalue weighted by Crippen LogP contribution is 2.42. The topological polar surface area (TPSA) is 204 Å². The number of hydrogen-bond acceptors (Lipinski definition) is 10. The number of aryl methyl sites for hydroxylation is 3. The number of carboxylic acids is 2. The van der Waals surface area contributed by atoms with Gasteiger partial charge in [0.1, 0.15) is 23.9 Å². The Bertz CT molecular complexity index is 4780. The number of aromatic carboxylic acids is 2. The summed E-state index contributed by atoms with van der Waals surface area (Å²) in [6, 6.07) is 25.2. The second kappa shape index (κ2) is 26.4. The Kier molecular flexibility index (Phi) is 18.5. The van der Waals surface area contributed by atoms with Gasteiger partial charge in [-0.15, -0.1) is 0 Å². The van der Waals surface area contributed by atoms with Crippen LogP contribution in [0.5, 0.6) is 11.5 Å². The first-order valence-electron chi connectivity index (χ1n) is 27.9. The molecule has 480 valence electrons. The Labute approximate surface area is 524 Å². The van der Waals surface area contributed by atoms with Crippen LogP contribution >= 0.6 is 0 Å². The lowest BCUT2D eigenvalue weighted by Crippen LogP contribution is -2.15. The summed E-state index contributed by atoms with van der Waals surface area (Å²) in [6.45, 7) is 3.88. The SMILES string of the molecule is COCC(=O)c1cc(C)cc2c1CC(c1c(F)c(F)c(-c3ccccc3)c(F)c1F)=N2.Cc1cc(C(=O)O)c2c(c1)nc(-c1c(F)c(F)c(-c3ccc(O)cc3)c(F)c1F)n2CCO.Cc1cc2c(c(C(=O)O)c1)CC(c1c(F)c(F)c(-c3ccc(O)cc3)c(F)c1F)=N2. The predicted octanol–water partition coefficient (Wildman–Crippen LogP) is 15.7. The number of hydrogen-bond donors (Lipinski definition) is 5. The number of aliphatic imine (C=N–C) groups is 2. The molecule has 0 amide bonds. The van der Waals surface area contributed by atoms with Crippen LogP contribution in [-0.2, 0) is 24.1 Å². The van der Waals surface area contributed by atoms with E-state index in [1.165, 1.54) is 55.6 Å². The van der Waals surface area contributed by atoms with Gasteiger partial charge >= 0.3 is 11.9 Å². The van der Waals surface area contributed by atoms with Crippen molar-refractivity contribution in [2.45, 2.75) is 40.2 Å². The van der Waals surface area contributed by atoms with Gasteiger partial charge in [-0.25, -0.2) is 67.3 Å². The number of carbonyl (C=O) groups is 3. The van der Waals surface area contributed by atoms with Gasteiger partial charge in [0.2, 0.25) is 0 Å². The standard InChI is InChI=1S/C24H17F4NO2.C23H16F4N2O4.C22H13F4NO3/c1-12-8-15(18(30)11-31-2)14-10-17(29-16(14)9-12)20-23(27)21(25)19(22(26)24(20)28)13-6-4-3-5-7-13;1-10-8-13(23(32)33)21-14(9-10)28-22(29(21)6-7-30)16-19(26)17(24)15(18(25)20(16)27)11-2-4-12(31)5-3-11;1-9-6-13(22(29)30)12-8-15(27-14(12)7-9)17-20(25)18(23)16(19(24)21(17)26)10-2-4-11(28)5-3-10/h3-9H,10-11H2,1-2H3;2-5,8-9,30-31H,6-7H2,1H3,(H,32,33);2-7,28H,8H2,1H3,(H,29,30). The number of imidazole rings is 1. The first-order valence-corrected chi connectivity index (χ1v) is 27.9. The monoisotopic (exact) mass is 1300 g/mol. The predicted molar refractivity (Wildman–Crippen MR) is 321 cm³/mol. The van der Waals surface area contributed by atoms with Crippen LogP contribution in [0.2, 0.25) is 0 Å². The van der Waals surface area contributed by atoms with Crippen LogP contribution in [0.1, 0.15) is 70.0 Å². The number of nitrogens with zero attached hydrogens (tertiary/aromatic N) is 4. The van der Waals surface area contributed by atoms with Gasteiger partial charge in [0.15, 0.2) is 75.6 Å². The minimum atomic E-state index is -1.74. The van der Waals surface area contributed by atoms with Gasteiger partial charge in [-0.2, -0.15) is 0 Å². The molecule has 0 radical (unpaired) electrons. The molecule has 0 saturated heterocycles. The third kappa shape index (κ3) is 12.1. The van der Waals surface area contributed by atoms with Crippen LogP contribution < -0.4 is 0 Å². The molecule has 0 unspecified atom stereocenters. The van der Waals surface area contributed by atoms with E-state index in [-0.39, 0.29) is 105 Å². The summed E-state index contributed by atoms with van der Waals surface area (Å²) in [5.74, 6) is -23.2. The number of benzene rings is 9. The van der Waals surface area contributed by atoms with Crippen molar-refractivity contribution in [1.82, 2.24) is 9.55 Å². The Morgan fingerprint density at radius 3 is 1.23 bits per heavy atom. The lowest BCUT2D eigenvalue weighted by molar-refractivity contribution is 0.0686. The van der Waals surface area contributed by atoms with Crippen molar-refractivity contribution in [1.29, 1.82) is 0 Å². The molecule has 2 aliphatic heterocycles. The van der Waals surface area contributed by atoms with Crippen LogP contribution in [-0.4, -0.2) is 84.6 Å². The highest BCUT2D eigenvalue weighted by Gasteiger charge is 2.36. The zero-order valence-electron chi connectivity index (χ0n) is 49.2. The number of carboxylic acid groups (broad SMARTS) is 2. The highest BCUT2D eigenvalue weighted by atomic mass is 19.2. The largest absolute Gasteiger partial charge is 0.508 e. The number of Topliss-reactive ketones (excluding diaryl/α,β-unsaturated/α-hetero) is 1. The van der Waals surface area contributed by atoms with Crippen LogP contribution in [0.15, 0.2) is 125 Å². The van der Waals surface area contributed by atoms with E-state index in [4.69, 9.17) is 4.74 Å². The van der Waals surface area contributed by atoms with Crippen molar-refractivity contribution in [3.63, 3.8) is 0 Å². The van der Waals surface area contributed by atoms with Gasteiger partial charge in [-0.1, -0.05) is 54.6 Å². The minimum Gasteiger partial charge on any atom is -0.508 e. The molecule has 1 aromatic heterocycles. The molecule has 13 nitrogen and oxygen atoms in total. The fraction of sp³-hybridized carbons (Fsp3) is 0.130. The van der Waals surface area contributed by atoms with Gasteiger partial charge in [-0.05, 0) is 126 Å². The van der Waals surface area contributed by atoms with E-state index in [2.05, 4.69) is 15.0 Å². The number of rotatable bonds is 13. The summed E-state index contributed by atoms with van der Waals surface area (Å²) >= 11 is 0. The van der Waals surface area contributed by atoms with E-state index in [0.717, 1.165) is 53.1 Å². The molecule has 9 aromatic carbocycles. The average molecular weight is 1300 g/mol. The molecule has 94 heavy (non-hydrogen) atoms. The smallest absolute Gasteiger partial charge is 0.337 e. The number of aliphatic hydroxyl groups excluding tert-OH is 1. The van der Waals surface area contributed by atoms with Crippen molar-refractivity contribution in [2.24, 2.45) is 9.98 Å². The average Bonchev–Trinajstić information content (AvgIpc) is 1.84. The normalized spacial score (nSPS) is 12.2. The van der Waals surface area contributed by atoms with Crippen molar-refractivity contribution < 1.29 is 97.3 Å². The summed E-state index contributed by atoms with van der Waals surface area (Å²) in [6.07, 6.45) is -0.430. The first kappa shape index (κ1) is 66.0. The maximum absolute atomic E-state index is 15.2. The fourth-order valence-corrected chi connectivity index (χ4v) is 11.1. The zero-order valence-corrected chi connectivity index (χ0v) is 49.2. The molecule has 0 saturated carbocycles. The lowest BCUT2D eigenvalue weighted by Gasteiger charge is -2.14. The van der Waals surface area contributed by atoms with E-state index in [0.29, 0.717) is 33.5 Å². The molecule has 2 aliphatic rings. The summed E-state index contributed by atoms with van der Waals surface area (Å²) in [7, 11) is 1.38. The van der Waals surface area contributed by atoms with Gasteiger partial charge in [0.05, 0.1) is 84.9 Å². The molecule has 0 bridgehead atoms. The molecule has 5 N–H and O–H groups in total. The third-order valence-corrected chi connectivity index (χ3v) is 15.3. The summed E-state index contributed by atoms with van der Waals surface area (Å²) in [5, 5.41) is 47.1. The van der Waals surface area contributed by atoms with Crippen molar-refractivity contribution in [2.75, 3.05) is 20.3 Å². The molecule has 0 atom stereocenters. The number of phenolic OH excluding ortho intramolecular Hbond substituents is 2. The Morgan fingerprint density at radius 2 is 0.830 bits per heavy atom. The number of methoxy groups -OCH3 is 1. The van der Waals surface area contributed by atoms with E-state index in [9.17, 15) is 83.8 Å². The highest BCUT2D eigenvalue weighted by molar-refractivity contribution is 6.11. The summed E-state index contributed by atoms with van der Waals surface area (Å²) < 4.78 is 185. The fourth-order valence-electron chi connectivity index (χ4n) is 11.1. The maximum atomic E-state index is 15.2. The molecule has 10 aromatic rings. The van der Waals surface area contributed by atoms with Gasteiger partial charge in [0, 0.05) is 32.1 Å². The number of ether oxygens (including phenoxy) is 1. The minimum absolute atomic E-state index is 0.0153. The lowest BCUT2D eigenvalue weighted by atomic mass is 9.94. The Hall–Kier alpha value is -10.9. The zero-order chi connectivity index (χ0) is 68.0. The number of aromatic nitrogens is 2. The van der Waals surface area contributed by atoms with Crippen molar-refractivity contribution in [3.05, 3.63) is 241 Å². The molecule has 3 heterocycles. The number of aromatic hydroxyl groups is 2. The van der Waals surface area contributed by atoms with E-state index >= 15 is 8.78 Å². The van der Waals surface area contributed by atoms with Gasteiger partial charge in [-0.3, -0.25) is 14.8 Å². The second-order valence-electron chi connectivity index (χ2n) is 21.5. The quantitative estimate of drug-likeness (QED) is 0.0420. The van der Waals surface area contributed by atoms with Crippen molar-refractivity contribution in [3.8, 4) is 56.3 Å². The van der Waals surface area contributed by atoms with Crippen LogP contribution in [0.3, 0.4) is 0 Å². The molecule has 0 spiro atoms. The number of fused-ring (bicyclic) bond motifs is 3. The van der Waals surface area contributed by atoms with Gasteiger partial charge in [0.25, 0.3) is 0 Å². The second-order valence-corrected chi connectivity index (χ2v) is 21.5. The van der Waals surface area contributed by atoms with Gasteiger partial charge < -0.3 is 34.8 Å². The van der Waals surface area contributed by atoms with Crippen molar-refractivity contribution >= 4 is 51.6 Å². The van der Waals surface area contributed by atoms with E-state index in [1.54, 1.807) is 39.0 Å². The molecule has 0 fully saturated rings. The number of halogens is 12. The number of phenols is 2. The number of aliphatic hydroxyl groups is 1. The number of ketones is 1. The summed E-state index contributed by atoms with van der Waals surface area (Å²) in [4.78, 5) is 48.0. The Morgan fingerprint density at radius 1 is 0.468 bits per heavy atom. The number of carbonyl (C=O) groups excluding carboxylic acids is 1. The van der Waals surface area contributed by atoms with Crippen LogP contribution in [0, 0.1) is 90.6 Å². The molecule has 0 aliphatic carbocycles. The van der Waals surface area contributed by atoms with Crippen LogP contribution in [0.25, 0.3) is 55.8 Å². The summed E-state index contributed by atoms with van der Waals surface area (Å²) in [5.41, 5.74) is -3.60. The molecule has 25 heteroatoms. The Balaban J connectivity index is 0.000000154. The van der Waals surface area contributed by atoms with Crippen LogP contribution in [0.4, 0.5) is 64.1 Å². The molecular weight excluding hydrogens is 1260 g/mol. The molecule has 12 rings (SSSR count). The first-order chi connectivity index (χ1) is 44.7. The maximum Gasteiger partial charge on any atom is 0.337 e. The molecular formula is C69H46F12N4O9. The third-order valence-electron chi connectivity index (χ3n) is 15.3.